The Kier molecular flexibility index (Phi) is 5.12. The Morgan fingerprint density at radius 3 is 2.31 bits per heavy atom. The third-order valence-electron chi connectivity index (χ3n) is 5.72. The smallest absolute Gasteiger partial charge is 0.295 e. The highest BCUT2D eigenvalue weighted by Gasteiger charge is 2.23. The van der Waals surface area contributed by atoms with Gasteiger partial charge in [-0.15, -0.1) is 0 Å². The van der Waals surface area contributed by atoms with Crippen LogP contribution in [-0.2, 0) is 0 Å². The number of nitro benzene ring substituents is 1. The Labute approximate surface area is 183 Å². The summed E-state index contributed by atoms with van der Waals surface area (Å²) in [6.45, 7) is 3.23. The zero-order valence-electron chi connectivity index (χ0n) is 17.3. The predicted molar refractivity (Wildman–Crippen MR) is 125 cm³/mol. The normalized spacial score (nSPS) is 13.9. The molecule has 1 aromatic heterocycles. The summed E-state index contributed by atoms with van der Waals surface area (Å²) in [6.07, 6.45) is 0. The van der Waals surface area contributed by atoms with E-state index in [1.54, 1.807) is 24.3 Å². The molecule has 0 saturated carbocycles. The summed E-state index contributed by atoms with van der Waals surface area (Å²) in [5.41, 5.74) is 1.88. The Morgan fingerprint density at radius 1 is 0.906 bits per heavy atom. The molecule has 0 aliphatic carbocycles. The Balaban J connectivity index is 1.78. The van der Waals surface area contributed by atoms with E-state index < -0.39 is 4.92 Å². The first-order valence-electron chi connectivity index (χ1n) is 10.5. The van der Waals surface area contributed by atoms with Crippen LogP contribution in [0.5, 0.6) is 0 Å². The van der Waals surface area contributed by atoms with Gasteiger partial charge in [-0.1, -0.05) is 48.5 Å². The van der Waals surface area contributed by atoms with Gasteiger partial charge in [0.2, 0.25) is 0 Å². The summed E-state index contributed by atoms with van der Waals surface area (Å²) in [7, 11) is 0. The van der Waals surface area contributed by atoms with E-state index >= 15 is 0 Å². The topological polar surface area (TPSA) is 93.3 Å². The van der Waals surface area contributed by atoms with E-state index in [-0.39, 0.29) is 16.9 Å². The van der Waals surface area contributed by atoms with Crippen LogP contribution in [0.2, 0.25) is 0 Å². The fourth-order valence-electron chi connectivity index (χ4n) is 4.12. The molecule has 0 spiro atoms. The van der Waals surface area contributed by atoms with Gasteiger partial charge in [-0.3, -0.25) is 14.9 Å². The molecular formula is C24H21N5O3. The van der Waals surface area contributed by atoms with Gasteiger partial charge < -0.3 is 10.2 Å². The van der Waals surface area contributed by atoms with Gasteiger partial charge in [0, 0.05) is 48.9 Å². The minimum atomic E-state index is -0.470. The summed E-state index contributed by atoms with van der Waals surface area (Å²) in [4.78, 5) is 27.0. The van der Waals surface area contributed by atoms with Crippen molar-refractivity contribution in [1.82, 2.24) is 15.1 Å². The van der Waals surface area contributed by atoms with Crippen molar-refractivity contribution in [3.05, 3.63) is 93.3 Å². The molecule has 0 amide bonds. The van der Waals surface area contributed by atoms with Crippen LogP contribution in [0.25, 0.3) is 27.7 Å². The zero-order chi connectivity index (χ0) is 22.1. The van der Waals surface area contributed by atoms with Crippen LogP contribution in [0.15, 0.2) is 77.6 Å². The molecular weight excluding hydrogens is 406 g/mol. The molecule has 0 unspecified atom stereocenters. The number of benzene rings is 3. The molecule has 5 rings (SSSR count). The van der Waals surface area contributed by atoms with E-state index in [9.17, 15) is 14.9 Å². The monoisotopic (exact) mass is 427 g/mol. The highest BCUT2D eigenvalue weighted by Crippen LogP contribution is 2.30. The van der Waals surface area contributed by atoms with E-state index in [2.05, 4.69) is 15.3 Å². The maximum atomic E-state index is 13.4. The van der Waals surface area contributed by atoms with Crippen molar-refractivity contribution in [2.24, 2.45) is 0 Å². The van der Waals surface area contributed by atoms with Crippen LogP contribution in [-0.4, -0.2) is 40.9 Å². The number of fused-ring (bicyclic) bond motifs is 1. The lowest BCUT2D eigenvalue weighted by molar-refractivity contribution is -0.384. The first kappa shape index (κ1) is 19.9. The molecule has 0 bridgehead atoms. The number of nitrogens with one attached hydrogen (secondary N) is 1. The second kappa shape index (κ2) is 8.24. The number of hydrogen-bond acceptors (Lipinski definition) is 6. The van der Waals surface area contributed by atoms with Crippen LogP contribution in [0.3, 0.4) is 0 Å². The molecule has 4 aromatic rings. The van der Waals surface area contributed by atoms with Gasteiger partial charge in [-0.05, 0) is 18.2 Å². The Morgan fingerprint density at radius 2 is 1.59 bits per heavy atom. The van der Waals surface area contributed by atoms with Crippen LogP contribution in [0, 0.1) is 10.1 Å². The molecule has 1 aliphatic rings. The SMILES string of the molecule is O=c1c2ccccc2c(-c2ccccc2)nn1-c1cc(N2CCNCC2)ccc1[N+](=O)[O-]. The zero-order valence-corrected chi connectivity index (χ0v) is 17.3. The molecule has 32 heavy (non-hydrogen) atoms. The fourth-order valence-corrected chi connectivity index (χ4v) is 4.12. The van der Waals surface area contributed by atoms with Crippen molar-refractivity contribution < 1.29 is 4.92 Å². The minimum Gasteiger partial charge on any atom is -0.369 e. The number of rotatable bonds is 4. The molecule has 1 aliphatic heterocycles. The van der Waals surface area contributed by atoms with Crippen molar-refractivity contribution in [3.8, 4) is 16.9 Å². The molecule has 160 valence electrons. The van der Waals surface area contributed by atoms with E-state index in [0.29, 0.717) is 16.5 Å². The first-order chi connectivity index (χ1) is 15.6. The van der Waals surface area contributed by atoms with Gasteiger partial charge in [-0.2, -0.15) is 9.78 Å². The van der Waals surface area contributed by atoms with Gasteiger partial charge in [-0.25, -0.2) is 0 Å². The molecule has 8 heteroatoms. The maximum absolute atomic E-state index is 13.4. The van der Waals surface area contributed by atoms with Crippen molar-refractivity contribution in [1.29, 1.82) is 0 Å². The summed E-state index contributed by atoms with van der Waals surface area (Å²) in [5, 5.41) is 21.0. The van der Waals surface area contributed by atoms with Crippen LogP contribution in [0.4, 0.5) is 11.4 Å². The quantitative estimate of drug-likeness (QED) is 0.397. The van der Waals surface area contributed by atoms with Crippen molar-refractivity contribution in [2.45, 2.75) is 0 Å². The largest absolute Gasteiger partial charge is 0.369 e. The number of piperazine rings is 1. The fraction of sp³-hybridized carbons (Fsp3) is 0.167. The second-order valence-electron chi connectivity index (χ2n) is 7.64. The molecule has 2 heterocycles. The van der Waals surface area contributed by atoms with E-state index in [1.807, 2.05) is 42.5 Å². The van der Waals surface area contributed by atoms with Gasteiger partial charge in [0.25, 0.3) is 11.2 Å². The van der Waals surface area contributed by atoms with Crippen molar-refractivity contribution >= 4 is 22.1 Å². The highest BCUT2D eigenvalue weighted by atomic mass is 16.6. The number of aromatic nitrogens is 2. The van der Waals surface area contributed by atoms with Gasteiger partial charge >= 0.3 is 0 Å². The Hall–Kier alpha value is -4.04. The molecule has 1 N–H and O–H groups in total. The number of anilines is 1. The predicted octanol–water partition coefficient (Wildman–Crippen LogP) is 3.37. The first-order valence-corrected chi connectivity index (χ1v) is 10.5. The summed E-state index contributed by atoms with van der Waals surface area (Å²) >= 11 is 0. The summed E-state index contributed by atoms with van der Waals surface area (Å²) < 4.78 is 1.18. The molecule has 1 fully saturated rings. The number of nitrogens with zero attached hydrogens (tertiary/aromatic N) is 4. The molecule has 8 nitrogen and oxygen atoms in total. The van der Waals surface area contributed by atoms with Gasteiger partial charge in [0.15, 0.2) is 0 Å². The standard InChI is InChI=1S/C24H21N5O3/c30-24-20-9-5-4-8-19(20)23(17-6-2-1-3-7-17)26-28(24)22-16-18(10-11-21(22)29(31)32)27-14-12-25-13-15-27/h1-11,16,25H,12-15H2. The third kappa shape index (κ3) is 3.50. The number of nitro groups is 1. The maximum Gasteiger partial charge on any atom is 0.295 e. The molecule has 0 atom stereocenters. The van der Waals surface area contributed by atoms with E-state index in [4.69, 9.17) is 0 Å². The highest BCUT2D eigenvalue weighted by molar-refractivity contribution is 5.94. The lowest BCUT2D eigenvalue weighted by Gasteiger charge is -2.29. The minimum absolute atomic E-state index is 0.159. The lowest BCUT2D eigenvalue weighted by Crippen LogP contribution is -2.43. The van der Waals surface area contributed by atoms with Crippen molar-refractivity contribution in [3.63, 3.8) is 0 Å². The Bertz CT molecular complexity index is 1360. The lowest BCUT2D eigenvalue weighted by atomic mass is 10.1. The van der Waals surface area contributed by atoms with E-state index in [1.165, 1.54) is 10.7 Å². The summed E-state index contributed by atoms with van der Waals surface area (Å²) in [5.74, 6) is 0. The average Bonchev–Trinajstić information content (AvgIpc) is 2.85. The third-order valence-corrected chi connectivity index (χ3v) is 5.72. The van der Waals surface area contributed by atoms with Gasteiger partial charge in [0.1, 0.15) is 5.69 Å². The number of hydrogen-bond donors (Lipinski definition) is 1. The summed E-state index contributed by atoms with van der Waals surface area (Å²) in [6, 6.07) is 21.6. The van der Waals surface area contributed by atoms with E-state index in [0.717, 1.165) is 37.4 Å². The molecule has 3 aromatic carbocycles. The van der Waals surface area contributed by atoms with Crippen LogP contribution < -0.4 is 15.8 Å². The molecule has 1 saturated heterocycles. The van der Waals surface area contributed by atoms with Crippen LogP contribution >= 0.6 is 0 Å². The second-order valence-corrected chi connectivity index (χ2v) is 7.64. The van der Waals surface area contributed by atoms with Gasteiger partial charge in [0.05, 0.1) is 16.0 Å². The van der Waals surface area contributed by atoms with Crippen molar-refractivity contribution in [2.75, 3.05) is 31.1 Å². The average molecular weight is 427 g/mol. The molecule has 0 radical (unpaired) electrons. The van der Waals surface area contributed by atoms with Crippen LogP contribution in [0.1, 0.15) is 0 Å².